The van der Waals surface area contributed by atoms with Gasteiger partial charge in [-0.25, -0.2) is 0 Å². The van der Waals surface area contributed by atoms with Gasteiger partial charge in [0, 0.05) is 68.9 Å². The number of carbonyl (C=O) groups is 2. The van der Waals surface area contributed by atoms with Gasteiger partial charge in [0.05, 0.1) is 5.69 Å². The number of aromatic nitrogens is 2. The number of amides is 2. The smallest absolute Gasteiger partial charge is 0.219 e. The molecule has 2 aliphatic heterocycles. The number of hydrogen-bond acceptors (Lipinski definition) is 4. The number of rotatable bonds is 4. The Labute approximate surface area is 168 Å². The summed E-state index contributed by atoms with van der Waals surface area (Å²) in [5.41, 5.74) is 3.65. The molecule has 1 N–H and O–H groups in total. The molecule has 0 bridgehead atoms. The topological polar surface area (TPSA) is 70.5 Å². The fourth-order valence-corrected chi connectivity index (χ4v) is 5.11. The van der Waals surface area contributed by atoms with Crippen LogP contribution in [0.5, 0.6) is 0 Å². The molecule has 7 nitrogen and oxygen atoms in total. The molecule has 3 heterocycles. The van der Waals surface area contributed by atoms with E-state index in [0.717, 1.165) is 51.1 Å². The SMILES string of the molecule is CC(=O)N[C@@H]1CN(Cc2c(C)nn(C(C)C)c2C)C2(CCN(C(C)=O)CC2)C1. The second-order valence-electron chi connectivity index (χ2n) is 8.90. The van der Waals surface area contributed by atoms with Crippen LogP contribution in [-0.2, 0) is 16.1 Å². The standard InChI is InChI=1S/C21H35N5O2/c1-14(2)26-16(4)20(15(3)23-26)13-25-12-19(22-17(5)27)11-21(25)7-9-24(10-8-21)18(6)28/h14,19H,7-13H2,1-6H3,(H,22,27)/t19-/m0/s1. The van der Waals surface area contributed by atoms with E-state index in [9.17, 15) is 9.59 Å². The minimum Gasteiger partial charge on any atom is -0.352 e. The third-order valence-electron chi connectivity index (χ3n) is 6.60. The fourth-order valence-electron chi connectivity index (χ4n) is 5.11. The molecule has 156 valence electrons. The largest absolute Gasteiger partial charge is 0.352 e. The van der Waals surface area contributed by atoms with Gasteiger partial charge in [0.25, 0.3) is 0 Å². The van der Waals surface area contributed by atoms with E-state index in [4.69, 9.17) is 5.10 Å². The Kier molecular flexibility index (Phi) is 5.84. The molecule has 2 amide bonds. The Bertz CT molecular complexity index is 746. The third-order valence-corrected chi connectivity index (χ3v) is 6.60. The Morgan fingerprint density at radius 1 is 1.21 bits per heavy atom. The number of aryl methyl sites for hydroxylation is 1. The average molecular weight is 390 g/mol. The van der Waals surface area contributed by atoms with Crippen LogP contribution >= 0.6 is 0 Å². The van der Waals surface area contributed by atoms with Gasteiger partial charge in [0.15, 0.2) is 0 Å². The van der Waals surface area contributed by atoms with Gasteiger partial charge in [0.2, 0.25) is 11.8 Å². The first-order valence-corrected chi connectivity index (χ1v) is 10.4. The Morgan fingerprint density at radius 2 is 1.86 bits per heavy atom. The minimum atomic E-state index is 0.0307. The summed E-state index contributed by atoms with van der Waals surface area (Å²) in [7, 11) is 0. The summed E-state index contributed by atoms with van der Waals surface area (Å²) in [5, 5.41) is 7.89. The summed E-state index contributed by atoms with van der Waals surface area (Å²) in [6.45, 7) is 15.1. The highest BCUT2D eigenvalue weighted by atomic mass is 16.2. The molecule has 1 spiro atoms. The van der Waals surface area contributed by atoms with Crippen LogP contribution in [0.25, 0.3) is 0 Å². The van der Waals surface area contributed by atoms with E-state index < -0.39 is 0 Å². The van der Waals surface area contributed by atoms with Crippen molar-refractivity contribution < 1.29 is 9.59 Å². The van der Waals surface area contributed by atoms with E-state index in [2.05, 4.69) is 42.6 Å². The van der Waals surface area contributed by atoms with E-state index >= 15 is 0 Å². The van der Waals surface area contributed by atoms with Crippen molar-refractivity contribution in [3.8, 4) is 0 Å². The summed E-state index contributed by atoms with van der Waals surface area (Å²) in [6.07, 6.45) is 2.87. The minimum absolute atomic E-state index is 0.0307. The number of nitrogens with zero attached hydrogens (tertiary/aromatic N) is 4. The lowest BCUT2D eigenvalue weighted by Gasteiger charge is -2.45. The summed E-state index contributed by atoms with van der Waals surface area (Å²) >= 11 is 0. The Balaban J connectivity index is 1.84. The molecule has 7 heteroatoms. The molecule has 0 saturated carbocycles. The molecule has 2 saturated heterocycles. The number of nitrogens with one attached hydrogen (secondary N) is 1. The summed E-state index contributed by atoms with van der Waals surface area (Å²) in [5.74, 6) is 0.186. The summed E-state index contributed by atoms with van der Waals surface area (Å²) < 4.78 is 2.11. The summed E-state index contributed by atoms with van der Waals surface area (Å²) in [4.78, 5) is 27.9. The first-order chi connectivity index (χ1) is 13.1. The molecule has 1 aromatic heterocycles. The van der Waals surface area contributed by atoms with Crippen LogP contribution in [0.2, 0.25) is 0 Å². The van der Waals surface area contributed by atoms with Gasteiger partial charge in [-0.05, 0) is 47.0 Å². The van der Waals surface area contributed by atoms with Gasteiger partial charge in [0.1, 0.15) is 0 Å². The van der Waals surface area contributed by atoms with Gasteiger partial charge >= 0.3 is 0 Å². The number of hydrogen-bond donors (Lipinski definition) is 1. The zero-order chi connectivity index (χ0) is 20.6. The van der Waals surface area contributed by atoms with Crippen molar-refractivity contribution in [3.63, 3.8) is 0 Å². The second-order valence-corrected chi connectivity index (χ2v) is 8.90. The van der Waals surface area contributed by atoms with Gasteiger partial charge in [-0.1, -0.05) is 0 Å². The molecule has 28 heavy (non-hydrogen) atoms. The van der Waals surface area contributed by atoms with Crippen molar-refractivity contribution in [3.05, 3.63) is 17.0 Å². The van der Waals surface area contributed by atoms with Crippen LogP contribution in [0.3, 0.4) is 0 Å². The Hall–Kier alpha value is -1.89. The zero-order valence-corrected chi connectivity index (χ0v) is 18.2. The van der Waals surface area contributed by atoms with E-state index in [0.29, 0.717) is 6.04 Å². The lowest BCUT2D eigenvalue weighted by Crippen LogP contribution is -2.52. The van der Waals surface area contributed by atoms with Crippen LogP contribution in [0.4, 0.5) is 0 Å². The maximum absolute atomic E-state index is 11.8. The second kappa shape index (κ2) is 7.85. The lowest BCUT2D eigenvalue weighted by molar-refractivity contribution is -0.131. The first kappa shape index (κ1) is 20.8. The van der Waals surface area contributed by atoms with Crippen LogP contribution in [0.15, 0.2) is 0 Å². The van der Waals surface area contributed by atoms with Crippen LogP contribution in [-0.4, -0.2) is 62.6 Å². The first-order valence-electron chi connectivity index (χ1n) is 10.4. The monoisotopic (exact) mass is 389 g/mol. The van der Waals surface area contributed by atoms with Crippen LogP contribution < -0.4 is 5.32 Å². The van der Waals surface area contributed by atoms with Gasteiger partial charge < -0.3 is 10.2 Å². The molecule has 2 fully saturated rings. The molecular weight excluding hydrogens is 354 g/mol. The number of piperidine rings is 1. The fraction of sp³-hybridized carbons (Fsp3) is 0.762. The number of carbonyl (C=O) groups excluding carboxylic acids is 2. The molecular formula is C21H35N5O2. The highest BCUT2D eigenvalue weighted by Gasteiger charge is 2.47. The number of likely N-dealkylation sites (tertiary alicyclic amines) is 2. The van der Waals surface area contributed by atoms with E-state index in [1.807, 2.05) is 4.90 Å². The molecule has 1 atom stereocenters. The van der Waals surface area contributed by atoms with Gasteiger partial charge in [-0.3, -0.25) is 19.2 Å². The zero-order valence-electron chi connectivity index (χ0n) is 18.2. The molecule has 2 aliphatic rings. The molecule has 0 unspecified atom stereocenters. The van der Waals surface area contributed by atoms with E-state index in [1.165, 1.54) is 11.3 Å². The normalized spacial score (nSPS) is 22.2. The maximum atomic E-state index is 11.8. The maximum Gasteiger partial charge on any atom is 0.219 e. The predicted molar refractivity (Wildman–Crippen MR) is 109 cm³/mol. The third kappa shape index (κ3) is 3.95. The van der Waals surface area contributed by atoms with Crippen LogP contribution in [0.1, 0.15) is 70.0 Å². The lowest BCUT2D eigenvalue weighted by atomic mass is 9.83. The van der Waals surface area contributed by atoms with Crippen molar-refractivity contribution in [2.24, 2.45) is 0 Å². The van der Waals surface area contributed by atoms with Crippen LogP contribution in [0, 0.1) is 13.8 Å². The molecule has 3 rings (SSSR count). The molecule has 0 radical (unpaired) electrons. The predicted octanol–water partition coefficient (Wildman–Crippen LogP) is 2.17. The average Bonchev–Trinajstić information content (AvgIpc) is 3.06. The van der Waals surface area contributed by atoms with Crippen molar-refractivity contribution in [1.29, 1.82) is 0 Å². The van der Waals surface area contributed by atoms with Crippen molar-refractivity contribution in [2.75, 3.05) is 19.6 Å². The van der Waals surface area contributed by atoms with Crippen molar-refractivity contribution in [2.45, 2.75) is 85.0 Å². The van der Waals surface area contributed by atoms with Gasteiger partial charge in [-0.15, -0.1) is 0 Å². The highest BCUT2D eigenvalue weighted by molar-refractivity contribution is 5.73. The molecule has 1 aromatic rings. The van der Waals surface area contributed by atoms with E-state index in [1.54, 1.807) is 13.8 Å². The Morgan fingerprint density at radius 3 is 2.36 bits per heavy atom. The van der Waals surface area contributed by atoms with Crippen molar-refractivity contribution >= 4 is 11.8 Å². The highest BCUT2D eigenvalue weighted by Crippen LogP contribution is 2.40. The molecule has 0 aliphatic carbocycles. The van der Waals surface area contributed by atoms with Gasteiger partial charge in [-0.2, -0.15) is 5.10 Å². The summed E-state index contributed by atoms with van der Waals surface area (Å²) in [6, 6.07) is 0.507. The van der Waals surface area contributed by atoms with Crippen molar-refractivity contribution in [1.82, 2.24) is 24.9 Å². The van der Waals surface area contributed by atoms with E-state index in [-0.39, 0.29) is 23.4 Å². The molecule has 0 aromatic carbocycles. The quantitative estimate of drug-likeness (QED) is 0.857.